The van der Waals surface area contributed by atoms with E-state index < -0.39 is 12.4 Å². The van der Waals surface area contributed by atoms with Gasteiger partial charge < -0.3 is 10.2 Å². The fourth-order valence-electron chi connectivity index (χ4n) is 3.82. The zero-order valence-electron chi connectivity index (χ0n) is 21.6. The van der Waals surface area contributed by atoms with Gasteiger partial charge in [-0.05, 0) is 63.3 Å². The van der Waals surface area contributed by atoms with Gasteiger partial charge in [-0.3, -0.25) is 5.41 Å². The van der Waals surface area contributed by atoms with Crippen LogP contribution in [-0.2, 0) is 13.0 Å². The third kappa shape index (κ3) is 6.03. The number of benzene rings is 1. The van der Waals surface area contributed by atoms with Gasteiger partial charge in [0, 0.05) is 22.3 Å². The van der Waals surface area contributed by atoms with E-state index in [1.165, 1.54) is 12.2 Å². The van der Waals surface area contributed by atoms with Crippen LogP contribution in [0.1, 0.15) is 69.4 Å². The first-order chi connectivity index (χ1) is 16.4. The van der Waals surface area contributed by atoms with Crippen LogP contribution < -0.4 is 0 Å². The van der Waals surface area contributed by atoms with E-state index in [2.05, 4.69) is 25.8 Å². The Morgan fingerprint density at radius 3 is 2.14 bits per heavy atom. The fourth-order valence-corrected chi connectivity index (χ4v) is 3.82. The Labute approximate surface area is 208 Å². The van der Waals surface area contributed by atoms with Crippen molar-refractivity contribution in [3.63, 3.8) is 0 Å². The summed E-state index contributed by atoms with van der Waals surface area (Å²) in [5.74, 6) is -0.890. The van der Waals surface area contributed by atoms with Crippen LogP contribution >= 0.6 is 0 Å². The summed E-state index contributed by atoms with van der Waals surface area (Å²) >= 11 is 0. The monoisotopic (exact) mass is 474 g/mol. The molecule has 0 aromatic heterocycles. The van der Waals surface area contributed by atoms with E-state index >= 15 is 4.39 Å². The summed E-state index contributed by atoms with van der Waals surface area (Å²) in [5.41, 5.74) is 4.46. The van der Waals surface area contributed by atoms with Crippen molar-refractivity contribution in [1.82, 2.24) is 0 Å². The molecule has 0 aliphatic rings. The highest BCUT2D eigenvalue weighted by Crippen LogP contribution is 2.35. The molecule has 184 valence electrons. The second kappa shape index (κ2) is 12.6. The maximum absolute atomic E-state index is 16.2. The van der Waals surface area contributed by atoms with Gasteiger partial charge in [-0.1, -0.05) is 62.1 Å². The van der Waals surface area contributed by atoms with Crippen molar-refractivity contribution in [2.45, 2.75) is 54.6 Å². The number of nitriles is 1. The van der Waals surface area contributed by atoms with Crippen molar-refractivity contribution >= 4 is 17.9 Å². The van der Waals surface area contributed by atoms with E-state index in [-0.39, 0.29) is 28.2 Å². The molecule has 0 amide bonds. The highest BCUT2D eigenvalue weighted by atomic mass is 19.1. The van der Waals surface area contributed by atoms with Gasteiger partial charge in [0.2, 0.25) is 0 Å². The molecule has 0 saturated carbocycles. The number of allylic oxidation sites excluding steroid dienone is 7. The lowest BCUT2D eigenvalue weighted by atomic mass is 9.82. The van der Waals surface area contributed by atoms with Gasteiger partial charge in [-0.25, -0.2) is 4.39 Å². The van der Waals surface area contributed by atoms with Crippen LogP contribution in [0.5, 0.6) is 0 Å². The van der Waals surface area contributed by atoms with Crippen molar-refractivity contribution in [2.75, 3.05) is 0 Å². The summed E-state index contributed by atoms with van der Waals surface area (Å²) in [5, 5.41) is 38.9. The van der Waals surface area contributed by atoms with Crippen molar-refractivity contribution in [3.8, 4) is 6.07 Å². The molecular weight excluding hydrogens is 439 g/mol. The zero-order valence-corrected chi connectivity index (χ0v) is 21.6. The standard InChI is InChI=1S/C30H35FN2O2/c1-10-18(6)20(8)27(25(15-32)17(4)5)30(33)28-22(11-2)26(16-34)24(23(12-3)29(28)31)14-13-19(7)21(9)35/h10,12-14,33-35H,3,7,9,11,16H2,1-2,4-6,8H3/b14-13-,18-10-,27-20-,33-30?. The molecule has 1 rings (SSSR count). The van der Waals surface area contributed by atoms with Gasteiger partial charge in [0.1, 0.15) is 11.6 Å². The third-order valence-electron chi connectivity index (χ3n) is 6.04. The molecule has 0 aliphatic carbocycles. The number of hydrogen-bond acceptors (Lipinski definition) is 4. The smallest absolute Gasteiger partial charge is 0.140 e. The molecule has 0 radical (unpaired) electrons. The molecule has 1 aromatic rings. The topological polar surface area (TPSA) is 88.1 Å². The van der Waals surface area contributed by atoms with Crippen LogP contribution in [0.4, 0.5) is 4.39 Å². The number of rotatable bonds is 10. The van der Waals surface area contributed by atoms with Crippen LogP contribution in [-0.4, -0.2) is 15.9 Å². The Morgan fingerprint density at radius 2 is 1.74 bits per heavy atom. The number of aliphatic hydroxyl groups excluding tert-OH is 2. The Hall–Kier alpha value is -3.75. The molecule has 0 unspecified atom stereocenters. The number of hydrogen-bond donors (Lipinski definition) is 3. The first-order valence-electron chi connectivity index (χ1n) is 11.3. The maximum atomic E-state index is 16.2. The van der Waals surface area contributed by atoms with Crippen LogP contribution in [0.25, 0.3) is 12.2 Å². The Balaban J connectivity index is 4.23. The van der Waals surface area contributed by atoms with Crippen LogP contribution in [0, 0.1) is 22.6 Å². The molecule has 0 atom stereocenters. The number of aliphatic hydroxyl groups is 2. The summed E-state index contributed by atoms with van der Waals surface area (Å²) in [6, 6.07) is 2.19. The Morgan fingerprint density at radius 1 is 1.14 bits per heavy atom. The van der Waals surface area contributed by atoms with Crippen molar-refractivity contribution in [2.24, 2.45) is 0 Å². The number of halogens is 1. The predicted octanol–water partition coefficient (Wildman–Crippen LogP) is 7.68. The molecule has 0 heterocycles. The molecule has 5 heteroatoms. The molecule has 0 spiro atoms. The molecule has 4 nitrogen and oxygen atoms in total. The fraction of sp³-hybridized carbons (Fsp3) is 0.267. The Bertz CT molecular complexity index is 1240. The minimum atomic E-state index is -0.665. The molecule has 3 N–H and O–H groups in total. The van der Waals surface area contributed by atoms with E-state index in [0.29, 0.717) is 45.4 Å². The maximum Gasteiger partial charge on any atom is 0.140 e. The second-order valence-electron chi connectivity index (χ2n) is 8.33. The number of nitrogens with zero attached hydrogens (tertiary/aromatic N) is 1. The third-order valence-corrected chi connectivity index (χ3v) is 6.04. The van der Waals surface area contributed by atoms with E-state index in [1.54, 1.807) is 19.9 Å². The summed E-state index contributed by atoms with van der Waals surface area (Å²) < 4.78 is 16.2. The van der Waals surface area contributed by atoms with E-state index in [4.69, 9.17) is 5.41 Å². The van der Waals surface area contributed by atoms with Crippen molar-refractivity contribution in [3.05, 3.63) is 105 Å². The summed E-state index contributed by atoms with van der Waals surface area (Å²) in [4.78, 5) is 0. The minimum absolute atomic E-state index is 0.0289. The normalized spacial score (nSPS) is 12.1. The Kier molecular flexibility index (Phi) is 10.6. The zero-order chi connectivity index (χ0) is 27.0. The molecule has 0 aliphatic heterocycles. The first kappa shape index (κ1) is 29.3. The van der Waals surface area contributed by atoms with Gasteiger partial charge >= 0.3 is 0 Å². The number of nitrogens with one attached hydrogen (secondary N) is 1. The summed E-state index contributed by atoms with van der Waals surface area (Å²) in [6.07, 6.45) is 6.58. The van der Waals surface area contributed by atoms with Gasteiger partial charge in [-0.2, -0.15) is 5.26 Å². The van der Waals surface area contributed by atoms with Gasteiger partial charge in [-0.15, -0.1) is 0 Å². The average molecular weight is 475 g/mol. The molecule has 0 saturated heterocycles. The highest BCUT2D eigenvalue weighted by molar-refractivity contribution is 6.16. The molecule has 0 bridgehead atoms. The summed E-state index contributed by atoms with van der Waals surface area (Å²) in [6.45, 7) is 21.4. The van der Waals surface area contributed by atoms with Gasteiger partial charge in [0.15, 0.2) is 0 Å². The van der Waals surface area contributed by atoms with E-state index in [1.807, 2.05) is 33.8 Å². The highest BCUT2D eigenvalue weighted by Gasteiger charge is 2.27. The average Bonchev–Trinajstić information content (AvgIpc) is 2.83. The van der Waals surface area contributed by atoms with Crippen LogP contribution in [0.2, 0.25) is 0 Å². The molecule has 0 fully saturated rings. The quantitative estimate of drug-likeness (QED) is 0.141. The molecule has 1 aromatic carbocycles. The lowest BCUT2D eigenvalue weighted by Gasteiger charge is -2.23. The minimum Gasteiger partial charge on any atom is -0.508 e. The van der Waals surface area contributed by atoms with E-state index in [0.717, 1.165) is 5.57 Å². The largest absolute Gasteiger partial charge is 0.508 e. The lowest BCUT2D eigenvalue weighted by molar-refractivity contribution is 0.280. The first-order valence-corrected chi connectivity index (χ1v) is 11.3. The lowest BCUT2D eigenvalue weighted by Crippen LogP contribution is -2.18. The van der Waals surface area contributed by atoms with Crippen molar-refractivity contribution < 1.29 is 14.6 Å². The SMILES string of the molecule is C=Cc1c(F)c(C(=N)/C(C(C#N)=C(C)C)=C(C)\C(C)=C/C)c(CC)c(CO)c1/C=C\C(=C)C(=C)O. The van der Waals surface area contributed by atoms with Crippen LogP contribution in [0.3, 0.4) is 0 Å². The molecule has 35 heavy (non-hydrogen) atoms. The second-order valence-corrected chi connectivity index (χ2v) is 8.33. The van der Waals surface area contributed by atoms with Crippen LogP contribution in [0.15, 0.2) is 71.1 Å². The van der Waals surface area contributed by atoms with Crippen molar-refractivity contribution in [1.29, 1.82) is 10.7 Å². The summed E-state index contributed by atoms with van der Waals surface area (Å²) in [7, 11) is 0. The molecular formula is C30H35FN2O2. The van der Waals surface area contributed by atoms with E-state index in [9.17, 15) is 15.5 Å². The predicted molar refractivity (Wildman–Crippen MR) is 145 cm³/mol. The van der Waals surface area contributed by atoms with Gasteiger partial charge in [0.25, 0.3) is 0 Å². The van der Waals surface area contributed by atoms with Gasteiger partial charge in [0.05, 0.1) is 24.0 Å².